The minimum absolute atomic E-state index is 0.108. The van der Waals surface area contributed by atoms with Crippen LogP contribution in [0.5, 0.6) is 0 Å². The molecule has 0 heterocycles. The zero-order chi connectivity index (χ0) is 14.0. The highest BCUT2D eigenvalue weighted by Crippen LogP contribution is 2.20. The van der Waals surface area contributed by atoms with Crippen molar-refractivity contribution < 1.29 is 9.53 Å². The molecule has 0 aliphatic heterocycles. The topological polar surface area (TPSA) is 38.3 Å². The highest BCUT2D eigenvalue weighted by molar-refractivity contribution is 7.99. The Morgan fingerprint density at radius 1 is 1.28 bits per heavy atom. The summed E-state index contributed by atoms with van der Waals surface area (Å²) in [6, 6.07) is -0.142. The zero-order valence-electron chi connectivity index (χ0n) is 12.5. The molecule has 0 amide bonds. The molecule has 108 valence electrons. The van der Waals surface area contributed by atoms with Crippen molar-refractivity contribution in [2.45, 2.75) is 58.8 Å². The SMILES string of the molecule is CCCNC(CCSC(C)C(C)C)C(=O)OCC. The molecule has 18 heavy (non-hydrogen) atoms. The number of carbonyl (C=O) groups is 1. The van der Waals surface area contributed by atoms with Gasteiger partial charge in [0.1, 0.15) is 6.04 Å². The summed E-state index contributed by atoms with van der Waals surface area (Å²) in [6.07, 6.45) is 1.88. The summed E-state index contributed by atoms with van der Waals surface area (Å²) >= 11 is 1.93. The van der Waals surface area contributed by atoms with Crippen LogP contribution in [0, 0.1) is 5.92 Å². The highest BCUT2D eigenvalue weighted by atomic mass is 32.2. The molecule has 0 rings (SSSR count). The second-order valence-electron chi connectivity index (χ2n) is 4.87. The monoisotopic (exact) mass is 275 g/mol. The second kappa shape index (κ2) is 10.7. The van der Waals surface area contributed by atoms with E-state index in [0.717, 1.165) is 25.1 Å². The van der Waals surface area contributed by atoms with E-state index in [9.17, 15) is 4.79 Å². The summed E-state index contributed by atoms with van der Waals surface area (Å²) < 4.78 is 5.10. The van der Waals surface area contributed by atoms with E-state index in [4.69, 9.17) is 4.74 Å². The molecule has 3 nitrogen and oxygen atoms in total. The first-order valence-corrected chi connectivity index (χ1v) is 8.09. The average molecular weight is 275 g/mol. The number of esters is 1. The normalized spacial score (nSPS) is 14.6. The maximum Gasteiger partial charge on any atom is 0.323 e. The molecule has 0 spiro atoms. The van der Waals surface area contributed by atoms with E-state index in [2.05, 4.69) is 33.0 Å². The zero-order valence-corrected chi connectivity index (χ0v) is 13.3. The lowest BCUT2D eigenvalue weighted by Gasteiger charge is -2.19. The summed E-state index contributed by atoms with van der Waals surface area (Å²) in [5, 5.41) is 3.91. The summed E-state index contributed by atoms with van der Waals surface area (Å²) in [7, 11) is 0. The lowest BCUT2D eigenvalue weighted by atomic mass is 10.2. The molecule has 2 unspecified atom stereocenters. The Bertz CT molecular complexity index is 222. The quantitative estimate of drug-likeness (QED) is 0.622. The third-order valence-electron chi connectivity index (χ3n) is 2.94. The predicted octanol–water partition coefficient (Wildman–Crippen LogP) is 3.09. The van der Waals surface area contributed by atoms with Crippen molar-refractivity contribution in [3.63, 3.8) is 0 Å². The van der Waals surface area contributed by atoms with Gasteiger partial charge in [0.2, 0.25) is 0 Å². The van der Waals surface area contributed by atoms with Gasteiger partial charge >= 0.3 is 5.97 Å². The van der Waals surface area contributed by atoms with Crippen molar-refractivity contribution in [2.75, 3.05) is 18.9 Å². The van der Waals surface area contributed by atoms with E-state index in [1.165, 1.54) is 0 Å². The minimum Gasteiger partial charge on any atom is -0.465 e. The number of nitrogens with one attached hydrogen (secondary N) is 1. The van der Waals surface area contributed by atoms with Crippen LogP contribution in [0.1, 0.15) is 47.5 Å². The van der Waals surface area contributed by atoms with Crippen molar-refractivity contribution in [3.05, 3.63) is 0 Å². The number of hydrogen-bond acceptors (Lipinski definition) is 4. The van der Waals surface area contributed by atoms with Crippen LogP contribution < -0.4 is 5.32 Å². The molecular weight excluding hydrogens is 246 g/mol. The van der Waals surface area contributed by atoms with Crippen molar-refractivity contribution in [2.24, 2.45) is 5.92 Å². The fraction of sp³-hybridized carbons (Fsp3) is 0.929. The largest absolute Gasteiger partial charge is 0.465 e. The molecule has 0 aromatic heterocycles. The van der Waals surface area contributed by atoms with E-state index < -0.39 is 0 Å². The second-order valence-corrected chi connectivity index (χ2v) is 6.35. The fourth-order valence-electron chi connectivity index (χ4n) is 1.43. The number of thioether (sulfide) groups is 1. The number of carbonyl (C=O) groups excluding carboxylic acids is 1. The Morgan fingerprint density at radius 3 is 2.44 bits per heavy atom. The van der Waals surface area contributed by atoms with E-state index in [1.807, 2.05) is 18.7 Å². The van der Waals surface area contributed by atoms with Crippen LogP contribution in [-0.2, 0) is 9.53 Å². The summed E-state index contributed by atoms with van der Waals surface area (Å²) in [5.74, 6) is 1.57. The molecule has 0 saturated carbocycles. The van der Waals surface area contributed by atoms with Gasteiger partial charge in [-0.2, -0.15) is 11.8 Å². The molecular formula is C14H29NO2S. The molecule has 0 aromatic rings. The molecule has 2 atom stereocenters. The van der Waals surface area contributed by atoms with Crippen molar-refractivity contribution in [1.82, 2.24) is 5.32 Å². The molecule has 0 saturated heterocycles. The first kappa shape index (κ1) is 17.8. The van der Waals surface area contributed by atoms with Crippen molar-refractivity contribution >= 4 is 17.7 Å². The number of ether oxygens (including phenoxy) is 1. The summed E-state index contributed by atoms with van der Waals surface area (Å²) in [5.41, 5.74) is 0. The predicted molar refractivity (Wildman–Crippen MR) is 80.1 cm³/mol. The molecule has 0 bridgehead atoms. The average Bonchev–Trinajstić information content (AvgIpc) is 2.33. The Hall–Kier alpha value is -0.220. The third-order valence-corrected chi connectivity index (χ3v) is 4.48. The van der Waals surface area contributed by atoms with Gasteiger partial charge in [-0.05, 0) is 38.0 Å². The van der Waals surface area contributed by atoms with Crippen LogP contribution in [-0.4, -0.2) is 36.2 Å². The Balaban J connectivity index is 4.03. The molecule has 1 N–H and O–H groups in total. The van der Waals surface area contributed by atoms with E-state index in [0.29, 0.717) is 17.8 Å². The number of rotatable bonds is 10. The van der Waals surface area contributed by atoms with Crippen molar-refractivity contribution in [3.8, 4) is 0 Å². The molecule has 4 heteroatoms. The van der Waals surface area contributed by atoms with Crippen LogP contribution in [0.15, 0.2) is 0 Å². The van der Waals surface area contributed by atoms with E-state index in [-0.39, 0.29) is 12.0 Å². The van der Waals surface area contributed by atoms with Crippen LogP contribution in [0.25, 0.3) is 0 Å². The van der Waals surface area contributed by atoms with Crippen LogP contribution in [0.2, 0.25) is 0 Å². The van der Waals surface area contributed by atoms with Crippen LogP contribution in [0.3, 0.4) is 0 Å². The Kier molecular flexibility index (Phi) is 10.5. The van der Waals surface area contributed by atoms with Gasteiger partial charge in [0.25, 0.3) is 0 Å². The van der Waals surface area contributed by atoms with Gasteiger partial charge in [-0.1, -0.05) is 27.7 Å². The maximum absolute atomic E-state index is 11.8. The summed E-state index contributed by atoms with van der Waals surface area (Å²) in [4.78, 5) is 11.8. The Morgan fingerprint density at radius 2 is 1.94 bits per heavy atom. The summed E-state index contributed by atoms with van der Waals surface area (Å²) in [6.45, 7) is 12.0. The lowest BCUT2D eigenvalue weighted by Crippen LogP contribution is -2.39. The third kappa shape index (κ3) is 7.98. The molecule has 0 aliphatic carbocycles. The molecule has 0 fully saturated rings. The first-order valence-electron chi connectivity index (χ1n) is 7.04. The van der Waals surface area contributed by atoms with Gasteiger partial charge in [-0.15, -0.1) is 0 Å². The van der Waals surface area contributed by atoms with Gasteiger partial charge in [-0.25, -0.2) is 0 Å². The lowest BCUT2D eigenvalue weighted by molar-refractivity contribution is -0.145. The molecule has 0 aromatic carbocycles. The molecule has 0 radical (unpaired) electrons. The highest BCUT2D eigenvalue weighted by Gasteiger charge is 2.19. The minimum atomic E-state index is -0.142. The number of hydrogen-bond donors (Lipinski definition) is 1. The fourth-order valence-corrected chi connectivity index (χ4v) is 2.56. The van der Waals surface area contributed by atoms with Gasteiger partial charge in [0, 0.05) is 5.25 Å². The van der Waals surface area contributed by atoms with Gasteiger partial charge in [-0.3, -0.25) is 4.79 Å². The standard InChI is InChI=1S/C14H29NO2S/c1-6-9-15-13(14(16)17-7-2)8-10-18-12(5)11(3)4/h11-13,15H,6-10H2,1-5H3. The van der Waals surface area contributed by atoms with Crippen LogP contribution in [0.4, 0.5) is 0 Å². The molecule has 0 aliphatic rings. The first-order chi connectivity index (χ1) is 8.52. The Labute approximate surface area is 116 Å². The van der Waals surface area contributed by atoms with E-state index in [1.54, 1.807) is 0 Å². The van der Waals surface area contributed by atoms with Crippen LogP contribution >= 0.6 is 11.8 Å². The van der Waals surface area contributed by atoms with Gasteiger partial charge in [0.05, 0.1) is 6.61 Å². The van der Waals surface area contributed by atoms with E-state index >= 15 is 0 Å². The maximum atomic E-state index is 11.8. The van der Waals surface area contributed by atoms with Gasteiger partial charge < -0.3 is 10.1 Å². The smallest absolute Gasteiger partial charge is 0.323 e. The van der Waals surface area contributed by atoms with Gasteiger partial charge in [0.15, 0.2) is 0 Å². The van der Waals surface area contributed by atoms with Crippen molar-refractivity contribution in [1.29, 1.82) is 0 Å².